The molecule has 25 heavy (non-hydrogen) atoms. The molecule has 0 aliphatic carbocycles. The molecular formula is C21H20N2O2. The van der Waals surface area contributed by atoms with Crippen LogP contribution in [0.5, 0.6) is 11.5 Å². The van der Waals surface area contributed by atoms with Gasteiger partial charge in [-0.25, -0.2) is 5.01 Å². The third-order valence-corrected chi connectivity index (χ3v) is 3.61. The Kier molecular flexibility index (Phi) is 5.32. The third kappa shape index (κ3) is 4.18. The Morgan fingerprint density at radius 1 is 0.920 bits per heavy atom. The van der Waals surface area contributed by atoms with Crippen molar-refractivity contribution in [1.29, 1.82) is 0 Å². The van der Waals surface area contributed by atoms with Gasteiger partial charge in [-0.1, -0.05) is 36.4 Å². The molecule has 0 spiro atoms. The number of para-hydroxylation sites is 2. The van der Waals surface area contributed by atoms with Crippen LogP contribution in [-0.4, -0.2) is 17.9 Å². The molecule has 126 valence electrons. The molecule has 3 rings (SSSR count). The summed E-state index contributed by atoms with van der Waals surface area (Å²) in [5.41, 5.74) is 2.78. The van der Waals surface area contributed by atoms with Crippen molar-refractivity contribution in [3.05, 3.63) is 84.4 Å². The molecule has 0 aliphatic rings. The van der Waals surface area contributed by atoms with E-state index in [1.54, 1.807) is 24.4 Å². The second-order valence-electron chi connectivity index (χ2n) is 5.39. The van der Waals surface area contributed by atoms with Gasteiger partial charge < -0.3 is 9.84 Å². The maximum Gasteiger partial charge on any atom is 0.161 e. The van der Waals surface area contributed by atoms with Crippen LogP contribution in [0.3, 0.4) is 0 Å². The first-order valence-electron chi connectivity index (χ1n) is 8.18. The molecule has 0 amide bonds. The van der Waals surface area contributed by atoms with Gasteiger partial charge in [0.1, 0.15) is 0 Å². The smallest absolute Gasteiger partial charge is 0.161 e. The Morgan fingerprint density at radius 3 is 2.08 bits per heavy atom. The molecule has 0 aliphatic heterocycles. The van der Waals surface area contributed by atoms with E-state index < -0.39 is 0 Å². The molecular weight excluding hydrogens is 312 g/mol. The summed E-state index contributed by atoms with van der Waals surface area (Å²) in [6.07, 6.45) is 1.75. The van der Waals surface area contributed by atoms with E-state index in [-0.39, 0.29) is 5.75 Å². The summed E-state index contributed by atoms with van der Waals surface area (Å²) in [7, 11) is 0. The number of ether oxygens (including phenoxy) is 1. The lowest BCUT2D eigenvalue weighted by Crippen LogP contribution is -2.09. The van der Waals surface area contributed by atoms with Crippen LogP contribution in [0.1, 0.15) is 12.5 Å². The van der Waals surface area contributed by atoms with E-state index >= 15 is 0 Å². The first-order chi connectivity index (χ1) is 12.3. The van der Waals surface area contributed by atoms with Crippen LogP contribution in [0.2, 0.25) is 0 Å². The second-order valence-corrected chi connectivity index (χ2v) is 5.39. The summed E-state index contributed by atoms with van der Waals surface area (Å²) in [6, 6.07) is 25.1. The molecule has 1 N–H and O–H groups in total. The molecule has 0 bridgehead atoms. The highest BCUT2D eigenvalue weighted by atomic mass is 16.5. The van der Waals surface area contributed by atoms with Crippen molar-refractivity contribution in [2.24, 2.45) is 5.10 Å². The summed E-state index contributed by atoms with van der Waals surface area (Å²) in [5, 5.41) is 16.3. The SMILES string of the molecule is CCOc1cc(/C=N/N(c2ccccc2)c2ccccc2)ccc1O. The predicted molar refractivity (Wildman–Crippen MR) is 102 cm³/mol. The summed E-state index contributed by atoms with van der Waals surface area (Å²) < 4.78 is 5.43. The van der Waals surface area contributed by atoms with Gasteiger partial charge in [0.25, 0.3) is 0 Å². The van der Waals surface area contributed by atoms with E-state index in [4.69, 9.17) is 4.74 Å². The minimum atomic E-state index is 0.127. The van der Waals surface area contributed by atoms with Crippen molar-refractivity contribution in [2.75, 3.05) is 11.6 Å². The van der Waals surface area contributed by atoms with Crippen molar-refractivity contribution in [2.45, 2.75) is 6.92 Å². The monoisotopic (exact) mass is 332 g/mol. The van der Waals surface area contributed by atoms with Gasteiger partial charge in [-0.2, -0.15) is 5.10 Å². The molecule has 0 saturated carbocycles. The van der Waals surface area contributed by atoms with Gasteiger partial charge in [-0.3, -0.25) is 0 Å². The van der Waals surface area contributed by atoms with Crippen molar-refractivity contribution in [3.8, 4) is 11.5 Å². The largest absolute Gasteiger partial charge is 0.504 e. The van der Waals surface area contributed by atoms with Crippen LogP contribution < -0.4 is 9.75 Å². The normalized spacial score (nSPS) is 10.8. The molecule has 4 nitrogen and oxygen atoms in total. The quantitative estimate of drug-likeness (QED) is 0.512. The number of rotatable bonds is 6. The molecule has 4 heteroatoms. The fourth-order valence-electron chi connectivity index (χ4n) is 2.43. The van der Waals surface area contributed by atoms with Crippen molar-refractivity contribution >= 4 is 17.6 Å². The fourth-order valence-corrected chi connectivity index (χ4v) is 2.43. The third-order valence-electron chi connectivity index (χ3n) is 3.61. The molecule has 0 atom stereocenters. The van der Waals surface area contributed by atoms with Gasteiger partial charge in [0, 0.05) is 0 Å². The van der Waals surface area contributed by atoms with E-state index in [9.17, 15) is 5.11 Å². The van der Waals surface area contributed by atoms with Crippen LogP contribution in [0.25, 0.3) is 0 Å². The molecule has 0 heterocycles. The van der Waals surface area contributed by atoms with E-state index in [0.29, 0.717) is 12.4 Å². The average Bonchev–Trinajstić information content (AvgIpc) is 2.66. The highest BCUT2D eigenvalue weighted by molar-refractivity contribution is 5.82. The maximum atomic E-state index is 9.82. The lowest BCUT2D eigenvalue weighted by molar-refractivity contribution is 0.318. The van der Waals surface area contributed by atoms with Gasteiger partial charge in [0.05, 0.1) is 24.2 Å². The number of hydrogen-bond donors (Lipinski definition) is 1. The number of phenols is 1. The minimum absolute atomic E-state index is 0.127. The number of aromatic hydroxyl groups is 1. The Hall–Kier alpha value is -3.27. The number of nitrogens with zero attached hydrogens (tertiary/aromatic N) is 2. The molecule has 0 saturated heterocycles. The first-order valence-corrected chi connectivity index (χ1v) is 8.18. The highest BCUT2D eigenvalue weighted by Gasteiger charge is 2.07. The van der Waals surface area contributed by atoms with Crippen LogP contribution in [0, 0.1) is 0 Å². The Morgan fingerprint density at radius 2 is 1.52 bits per heavy atom. The standard InChI is InChI=1S/C21H20N2O2/c1-2-25-21-15-17(13-14-20(21)24)16-22-23(18-9-5-3-6-10-18)19-11-7-4-8-12-19/h3-16,24H,2H2,1H3/b22-16+. The van der Waals surface area contributed by atoms with E-state index in [0.717, 1.165) is 16.9 Å². The first kappa shape index (κ1) is 16.6. The van der Waals surface area contributed by atoms with E-state index in [1.807, 2.05) is 72.6 Å². The zero-order valence-corrected chi connectivity index (χ0v) is 14.0. The van der Waals surface area contributed by atoms with Crippen molar-refractivity contribution in [1.82, 2.24) is 0 Å². The zero-order valence-electron chi connectivity index (χ0n) is 14.0. The molecule has 0 radical (unpaired) electrons. The fraction of sp³-hybridized carbons (Fsp3) is 0.0952. The predicted octanol–water partition coefficient (Wildman–Crippen LogP) is 4.96. The maximum absolute atomic E-state index is 9.82. The van der Waals surface area contributed by atoms with Gasteiger partial charge in [-0.15, -0.1) is 0 Å². The van der Waals surface area contributed by atoms with Crippen molar-refractivity contribution < 1.29 is 9.84 Å². The highest BCUT2D eigenvalue weighted by Crippen LogP contribution is 2.27. The summed E-state index contributed by atoms with van der Waals surface area (Å²) in [6.45, 7) is 2.38. The van der Waals surface area contributed by atoms with Gasteiger partial charge >= 0.3 is 0 Å². The lowest BCUT2D eigenvalue weighted by atomic mass is 10.2. The number of anilines is 2. The number of hydrogen-bond acceptors (Lipinski definition) is 4. The summed E-state index contributed by atoms with van der Waals surface area (Å²) in [4.78, 5) is 0. The zero-order chi connectivity index (χ0) is 17.5. The molecule has 0 fully saturated rings. The number of hydrazone groups is 1. The molecule has 0 aromatic heterocycles. The topological polar surface area (TPSA) is 45.1 Å². The lowest BCUT2D eigenvalue weighted by Gasteiger charge is -2.19. The Bertz CT molecular complexity index is 794. The van der Waals surface area contributed by atoms with Crippen molar-refractivity contribution in [3.63, 3.8) is 0 Å². The minimum Gasteiger partial charge on any atom is -0.504 e. The number of benzene rings is 3. The van der Waals surface area contributed by atoms with Gasteiger partial charge in [0.2, 0.25) is 0 Å². The van der Waals surface area contributed by atoms with Crippen LogP contribution in [-0.2, 0) is 0 Å². The summed E-state index contributed by atoms with van der Waals surface area (Å²) in [5.74, 6) is 0.583. The van der Waals surface area contributed by atoms with E-state index in [2.05, 4.69) is 5.10 Å². The van der Waals surface area contributed by atoms with Crippen LogP contribution >= 0.6 is 0 Å². The average molecular weight is 332 g/mol. The van der Waals surface area contributed by atoms with Gasteiger partial charge in [-0.05, 0) is 55.0 Å². The Balaban J connectivity index is 1.93. The van der Waals surface area contributed by atoms with E-state index in [1.165, 1.54) is 0 Å². The molecule has 3 aromatic rings. The molecule has 0 unspecified atom stereocenters. The molecule has 3 aromatic carbocycles. The van der Waals surface area contributed by atoms with Crippen LogP contribution in [0.15, 0.2) is 84.0 Å². The van der Waals surface area contributed by atoms with Gasteiger partial charge in [0.15, 0.2) is 11.5 Å². The summed E-state index contributed by atoms with van der Waals surface area (Å²) >= 11 is 0. The number of phenolic OH excluding ortho intramolecular Hbond substituents is 1. The Labute approximate surface area is 147 Å². The van der Waals surface area contributed by atoms with Crippen LogP contribution in [0.4, 0.5) is 11.4 Å². The second kappa shape index (κ2) is 8.02.